The van der Waals surface area contributed by atoms with Gasteiger partial charge in [-0.1, -0.05) is 17.7 Å². The Balaban J connectivity index is 1.59. The number of rotatable bonds is 6. The molecule has 3 N–H and O–H groups in total. The van der Waals surface area contributed by atoms with Crippen LogP contribution in [0.15, 0.2) is 18.2 Å². The third-order valence-corrected chi connectivity index (χ3v) is 5.13. The topological polar surface area (TPSA) is 68.0 Å². The van der Waals surface area contributed by atoms with E-state index < -0.39 is 6.10 Å². The van der Waals surface area contributed by atoms with Gasteiger partial charge in [0.15, 0.2) is 0 Å². The van der Waals surface area contributed by atoms with Crippen molar-refractivity contribution in [3.05, 3.63) is 28.8 Å². The molecule has 0 amide bonds. The Morgan fingerprint density at radius 2 is 2.00 bits per heavy atom. The van der Waals surface area contributed by atoms with Gasteiger partial charge >= 0.3 is 0 Å². The molecule has 2 fully saturated rings. The summed E-state index contributed by atoms with van der Waals surface area (Å²) in [5.74, 6) is 0.660. The predicted molar refractivity (Wildman–Crippen MR) is 94.5 cm³/mol. The van der Waals surface area contributed by atoms with Gasteiger partial charge in [-0.3, -0.25) is 0 Å². The quantitative estimate of drug-likeness (QED) is 0.820. The zero-order valence-corrected chi connectivity index (χ0v) is 14.8. The van der Waals surface area contributed by atoms with E-state index in [2.05, 4.69) is 4.90 Å². The lowest BCUT2D eigenvalue weighted by Crippen LogP contribution is -2.40. The molecule has 2 aliphatic rings. The van der Waals surface area contributed by atoms with E-state index >= 15 is 0 Å². The summed E-state index contributed by atoms with van der Waals surface area (Å²) < 4.78 is 11.3. The molecule has 0 radical (unpaired) electrons. The van der Waals surface area contributed by atoms with Crippen LogP contribution >= 0.6 is 11.6 Å². The highest BCUT2D eigenvalue weighted by Gasteiger charge is 2.23. The van der Waals surface area contributed by atoms with Crippen LogP contribution in [0, 0.1) is 0 Å². The molecule has 1 aromatic carbocycles. The predicted octanol–water partition coefficient (Wildman–Crippen LogP) is 2.35. The molecule has 0 spiro atoms. The van der Waals surface area contributed by atoms with Crippen molar-refractivity contribution in [3.8, 4) is 5.75 Å². The molecular formula is C18H27ClN2O3. The first-order valence-corrected chi connectivity index (χ1v) is 9.21. The fraction of sp³-hybridized carbons (Fsp3) is 0.667. The van der Waals surface area contributed by atoms with Gasteiger partial charge in [-0.25, -0.2) is 0 Å². The SMILES string of the molecule is NC(CN1CCCC1)C(O)c1ccc(OC2CCOCC2)c(Cl)c1. The van der Waals surface area contributed by atoms with Crippen LogP contribution in [-0.2, 0) is 4.74 Å². The van der Waals surface area contributed by atoms with Crippen molar-refractivity contribution >= 4 is 11.6 Å². The number of halogens is 1. The maximum atomic E-state index is 10.5. The second kappa shape index (κ2) is 8.50. The average molecular weight is 355 g/mol. The molecule has 2 saturated heterocycles. The van der Waals surface area contributed by atoms with Gasteiger partial charge in [0.25, 0.3) is 0 Å². The third kappa shape index (κ3) is 4.61. The van der Waals surface area contributed by atoms with Gasteiger partial charge in [-0.2, -0.15) is 0 Å². The van der Waals surface area contributed by atoms with Crippen molar-refractivity contribution in [3.63, 3.8) is 0 Å². The normalized spacial score (nSPS) is 22.5. The van der Waals surface area contributed by atoms with Crippen LogP contribution in [-0.4, -0.2) is 55.0 Å². The van der Waals surface area contributed by atoms with Crippen LogP contribution in [0.25, 0.3) is 0 Å². The van der Waals surface area contributed by atoms with Crippen molar-refractivity contribution in [2.75, 3.05) is 32.8 Å². The summed E-state index contributed by atoms with van der Waals surface area (Å²) in [5.41, 5.74) is 6.93. The first kappa shape index (κ1) is 18.0. The van der Waals surface area contributed by atoms with Crippen LogP contribution in [0.1, 0.15) is 37.4 Å². The summed E-state index contributed by atoms with van der Waals surface area (Å²) in [6, 6.07) is 5.14. The molecule has 0 bridgehead atoms. The van der Waals surface area contributed by atoms with Gasteiger partial charge < -0.3 is 25.2 Å². The molecule has 2 heterocycles. The second-order valence-electron chi connectivity index (χ2n) is 6.74. The van der Waals surface area contributed by atoms with E-state index in [1.807, 2.05) is 12.1 Å². The van der Waals surface area contributed by atoms with Crippen molar-refractivity contribution in [2.24, 2.45) is 5.73 Å². The number of ether oxygens (including phenoxy) is 2. The van der Waals surface area contributed by atoms with Gasteiger partial charge in [-0.15, -0.1) is 0 Å². The molecule has 3 rings (SSSR count). The van der Waals surface area contributed by atoms with Crippen molar-refractivity contribution < 1.29 is 14.6 Å². The van der Waals surface area contributed by atoms with E-state index in [9.17, 15) is 5.11 Å². The number of likely N-dealkylation sites (tertiary alicyclic amines) is 1. The Morgan fingerprint density at radius 1 is 1.29 bits per heavy atom. The lowest BCUT2D eigenvalue weighted by atomic mass is 10.0. The number of nitrogens with zero attached hydrogens (tertiary/aromatic N) is 1. The first-order chi connectivity index (χ1) is 11.6. The minimum Gasteiger partial charge on any atom is -0.489 e. The highest BCUT2D eigenvalue weighted by Crippen LogP contribution is 2.31. The fourth-order valence-electron chi connectivity index (χ4n) is 3.38. The molecule has 24 heavy (non-hydrogen) atoms. The van der Waals surface area contributed by atoms with Crippen molar-refractivity contribution in [1.29, 1.82) is 0 Å². The van der Waals surface area contributed by atoms with E-state index in [-0.39, 0.29) is 12.1 Å². The minimum atomic E-state index is -0.722. The number of hydrogen-bond donors (Lipinski definition) is 2. The van der Waals surface area contributed by atoms with Crippen LogP contribution in [0.5, 0.6) is 5.75 Å². The van der Waals surface area contributed by atoms with Gasteiger partial charge in [0, 0.05) is 25.4 Å². The van der Waals surface area contributed by atoms with E-state index in [1.165, 1.54) is 12.8 Å². The van der Waals surface area contributed by atoms with Crippen LogP contribution in [0.3, 0.4) is 0 Å². The molecule has 0 aliphatic carbocycles. The average Bonchev–Trinajstić information content (AvgIpc) is 3.10. The lowest BCUT2D eigenvalue weighted by Gasteiger charge is -2.26. The summed E-state index contributed by atoms with van der Waals surface area (Å²) in [4.78, 5) is 2.30. The molecule has 2 unspecified atom stereocenters. The Hall–Kier alpha value is -0.850. The minimum absolute atomic E-state index is 0.143. The van der Waals surface area contributed by atoms with Crippen LogP contribution in [0.2, 0.25) is 5.02 Å². The largest absolute Gasteiger partial charge is 0.489 e. The van der Waals surface area contributed by atoms with E-state index in [4.69, 9.17) is 26.8 Å². The Labute approximate surface area is 148 Å². The number of aliphatic hydroxyl groups excluding tert-OH is 1. The molecule has 0 saturated carbocycles. The Morgan fingerprint density at radius 3 is 2.67 bits per heavy atom. The summed E-state index contributed by atoms with van der Waals surface area (Å²) in [6.07, 6.45) is 3.60. The second-order valence-corrected chi connectivity index (χ2v) is 7.14. The highest BCUT2D eigenvalue weighted by molar-refractivity contribution is 6.32. The monoisotopic (exact) mass is 354 g/mol. The molecule has 134 valence electrons. The molecule has 0 aromatic heterocycles. The Kier molecular flexibility index (Phi) is 6.36. The zero-order chi connectivity index (χ0) is 16.9. The van der Waals surface area contributed by atoms with E-state index in [1.54, 1.807) is 6.07 Å². The number of nitrogens with two attached hydrogens (primary N) is 1. The Bertz CT molecular complexity index is 531. The maximum absolute atomic E-state index is 10.5. The van der Waals surface area contributed by atoms with E-state index in [0.29, 0.717) is 17.3 Å². The highest BCUT2D eigenvalue weighted by atomic mass is 35.5. The zero-order valence-electron chi connectivity index (χ0n) is 14.0. The summed E-state index contributed by atoms with van der Waals surface area (Å²) in [6.45, 7) is 4.30. The van der Waals surface area contributed by atoms with Gasteiger partial charge in [-0.05, 0) is 43.6 Å². The molecule has 2 aliphatic heterocycles. The third-order valence-electron chi connectivity index (χ3n) is 4.83. The summed E-state index contributed by atoms with van der Waals surface area (Å²) in [7, 11) is 0. The molecule has 2 atom stereocenters. The number of benzene rings is 1. The maximum Gasteiger partial charge on any atom is 0.138 e. The van der Waals surface area contributed by atoms with Crippen molar-refractivity contribution in [2.45, 2.75) is 43.9 Å². The van der Waals surface area contributed by atoms with Gasteiger partial charge in [0.1, 0.15) is 11.9 Å². The standard InChI is InChI=1S/C18H27ClN2O3/c19-15-11-13(18(22)16(20)12-21-7-1-2-8-21)3-4-17(15)24-14-5-9-23-10-6-14/h3-4,11,14,16,18,22H,1-2,5-10,12,20H2. The number of hydrogen-bond acceptors (Lipinski definition) is 5. The van der Waals surface area contributed by atoms with E-state index in [0.717, 1.165) is 44.7 Å². The smallest absolute Gasteiger partial charge is 0.138 e. The molecule has 6 heteroatoms. The lowest BCUT2D eigenvalue weighted by molar-refractivity contribution is 0.0256. The summed E-state index contributed by atoms with van der Waals surface area (Å²) >= 11 is 6.35. The molecule has 1 aromatic rings. The number of aliphatic hydroxyl groups is 1. The first-order valence-electron chi connectivity index (χ1n) is 8.83. The van der Waals surface area contributed by atoms with Gasteiger partial charge in [0.2, 0.25) is 0 Å². The summed E-state index contributed by atoms with van der Waals surface area (Å²) in [5, 5.41) is 11.0. The van der Waals surface area contributed by atoms with Crippen LogP contribution in [0.4, 0.5) is 0 Å². The molecule has 5 nitrogen and oxygen atoms in total. The fourth-order valence-corrected chi connectivity index (χ4v) is 3.61. The van der Waals surface area contributed by atoms with Gasteiger partial charge in [0.05, 0.1) is 24.3 Å². The van der Waals surface area contributed by atoms with Crippen LogP contribution < -0.4 is 10.5 Å². The van der Waals surface area contributed by atoms with Crippen molar-refractivity contribution in [1.82, 2.24) is 4.90 Å². The molecular weight excluding hydrogens is 328 g/mol.